The number of tetrazole rings is 2. The SMILES string of the molecule is c1ccc(-n2nnnc2NCCSSCCNc2nnnn2-c2ccccc2)cc1. The zero-order chi connectivity index (χ0) is 20.4. The van der Waals surface area contributed by atoms with Crippen LogP contribution in [0.15, 0.2) is 60.7 Å². The Hall–Kier alpha value is -3.12. The van der Waals surface area contributed by atoms with E-state index in [1.54, 1.807) is 31.0 Å². The van der Waals surface area contributed by atoms with Gasteiger partial charge in [0.2, 0.25) is 11.9 Å². The van der Waals surface area contributed by atoms with E-state index in [0.717, 1.165) is 36.0 Å². The molecule has 2 heterocycles. The molecular formula is C18H20N10S2. The molecule has 2 aromatic heterocycles. The van der Waals surface area contributed by atoms with E-state index in [4.69, 9.17) is 0 Å². The number of benzene rings is 2. The van der Waals surface area contributed by atoms with Gasteiger partial charge in [-0.3, -0.25) is 0 Å². The lowest BCUT2D eigenvalue weighted by atomic mass is 10.3. The maximum atomic E-state index is 4.05. The van der Waals surface area contributed by atoms with Gasteiger partial charge in [-0.05, 0) is 45.1 Å². The van der Waals surface area contributed by atoms with Crippen molar-refractivity contribution in [3.05, 3.63) is 60.7 Å². The molecule has 2 aromatic carbocycles. The van der Waals surface area contributed by atoms with Crippen LogP contribution >= 0.6 is 21.6 Å². The van der Waals surface area contributed by atoms with Crippen molar-refractivity contribution in [3.63, 3.8) is 0 Å². The van der Waals surface area contributed by atoms with Crippen molar-refractivity contribution < 1.29 is 0 Å². The summed E-state index contributed by atoms with van der Waals surface area (Å²) >= 11 is 0. The van der Waals surface area contributed by atoms with Gasteiger partial charge >= 0.3 is 0 Å². The Morgan fingerprint density at radius 1 is 0.633 bits per heavy atom. The van der Waals surface area contributed by atoms with Gasteiger partial charge < -0.3 is 10.6 Å². The Balaban J connectivity index is 1.14. The average molecular weight is 441 g/mol. The third-order valence-electron chi connectivity index (χ3n) is 3.96. The first kappa shape index (κ1) is 20.2. The number of anilines is 2. The molecule has 0 saturated carbocycles. The highest BCUT2D eigenvalue weighted by Gasteiger charge is 2.08. The molecule has 0 bridgehead atoms. The number of hydrogen-bond donors (Lipinski definition) is 2. The maximum absolute atomic E-state index is 4.05. The van der Waals surface area contributed by atoms with Gasteiger partial charge in [-0.25, -0.2) is 0 Å². The first-order valence-electron chi connectivity index (χ1n) is 9.31. The van der Waals surface area contributed by atoms with Crippen molar-refractivity contribution in [2.75, 3.05) is 35.2 Å². The Kier molecular flexibility index (Phi) is 7.12. The predicted octanol–water partition coefficient (Wildman–Crippen LogP) is 2.54. The summed E-state index contributed by atoms with van der Waals surface area (Å²) < 4.78 is 3.39. The van der Waals surface area contributed by atoms with Crippen LogP contribution in [-0.4, -0.2) is 65.0 Å². The van der Waals surface area contributed by atoms with E-state index in [2.05, 4.69) is 41.7 Å². The van der Waals surface area contributed by atoms with E-state index in [1.807, 2.05) is 60.7 Å². The fraction of sp³-hybridized carbons (Fsp3) is 0.222. The lowest BCUT2D eigenvalue weighted by Gasteiger charge is -2.07. The van der Waals surface area contributed by atoms with E-state index in [1.165, 1.54) is 0 Å². The van der Waals surface area contributed by atoms with Crippen molar-refractivity contribution in [2.24, 2.45) is 0 Å². The molecular weight excluding hydrogens is 420 g/mol. The molecule has 2 N–H and O–H groups in total. The number of nitrogens with zero attached hydrogens (tertiary/aromatic N) is 8. The summed E-state index contributed by atoms with van der Waals surface area (Å²) in [5.41, 5.74) is 1.85. The Labute approximate surface area is 181 Å². The molecule has 0 aliphatic carbocycles. The summed E-state index contributed by atoms with van der Waals surface area (Å²) in [5, 5.41) is 30.2. The van der Waals surface area contributed by atoms with Gasteiger partial charge in [0, 0.05) is 24.6 Å². The van der Waals surface area contributed by atoms with Crippen molar-refractivity contribution in [2.45, 2.75) is 0 Å². The smallest absolute Gasteiger partial charge is 0.247 e. The van der Waals surface area contributed by atoms with E-state index in [9.17, 15) is 0 Å². The lowest BCUT2D eigenvalue weighted by molar-refractivity contribution is 0.790. The zero-order valence-corrected chi connectivity index (χ0v) is 17.6. The van der Waals surface area contributed by atoms with Crippen LogP contribution in [0.3, 0.4) is 0 Å². The molecule has 0 radical (unpaired) electrons. The number of aromatic nitrogens is 8. The standard InChI is InChI=1S/C18H20N10S2/c1-3-7-15(8-4-1)27-17(21-23-25-27)19-11-13-29-30-14-12-20-18-22-24-26-28(18)16-9-5-2-6-10-16/h1-10H,11-14H2,(H,19,21,25)(H,20,22,26). The third-order valence-corrected chi connectivity index (χ3v) is 6.37. The fourth-order valence-electron chi connectivity index (χ4n) is 2.61. The van der Waals surface area contributed by atoms with Crippen LogP contribution in [0.25, 0.3) is 11.4 Å². The van der Waals surface area contributed by atoms with Gasteiger partial charge in [0.15, 0.2) is 0 Å². The highest BCUT2D eigenvalue weighted by molar-refractivity contribution is 8.76. The molecule has 0 atom stereocenters. The number of nitrogens with one attached hydrogen (secondary N) is 2. The largest absolute Gasteiger partial charge is 0.352 e. The van der Waals surface area contributed by atoms with Crippen molar-refractivity contribution in [3.8, 4) is 11.4 Å². The minimum Gasteiger partial charge on any atom is -0.352 e. The fourth-order valence-corrected chi connectivity index (χ4v) is 4.42. The van der Waals surface area contributed by atoms with Crippen LogP contribution in [0.1, 0.15) is 0 Å². The van der Waals surface area contributed by atoms with Gasteiger partial charge in [-0.1, -0.05) is 68.2 Å². The summed E-state index contributed by atoms with van der Waals surface area (Å²) in [6.07, 6.45) is 0. The lowest BCUT2D eigenvalue weighted by Crippen LogP contribution is -2.11. The number of rotatable bonds is 11. The second-order valence-corrected chi connectivity index (χ2v) is 8.70. The molecule has 12 heteroatoms. The Morgan fingerprint density at radius 3 is 1.50 bits per heavy atom. The van der Waals surface area contributed by atoms with E-state index in [0.29, 0.717) is 11.9 Å². The Morgan fingerprint density at radius 2 is 1.07 bits per heavy atom. The first-order valence-corrected chi connectivity index (χ1v) is 11.8. The second kappa shape index (κ2) is 10.6. The second-order valence-electron chi connectivity index (χ2n) is 6.00. The molecule has 0 saturated heterocycles. The molecule has 0 unspecified atom stereocenters. The number of hydrogen-bond acceptors (Lipinski definition) is 10. The molecule has 0 aliphatic rings. The molecule has 154 valence electrons. The molecule has 0 spiro atoms. The molecule has 0 aliphatic heterocycles. The van der Waals surface area contributed by atoms with Crippen molar-refractivity contribution >= 4 is 33.5 Å². The Bertz CT molecular complexity index is 938. The van der Waals surface area contributed by atoms with Gasteiger partial charge in [0.25, 0.3) is 0 Å². The van der Waals surface area contributed by atoms with Crippen LogP contribution in [-0.2, 0) is 0 Å². The van der Waals surface area contributed by atoms with Crippen LogP contribution < -0.4 is 10.6 Å². The van der Waals surface area contributed by atoms with Gasteiger partial charge in [0.1, 0.15) is 0 Å². The minimum atomic E-state index is 0.640. The maximum Gasteiger partial charge on any atom is 0.247 e. The van der Waals surface area contributed by atoms with Crippen LogP contribution in [0.5, 0.6) is 0 Å². The van der Waals surface area contributed by atoms with Gasteiger partial charge in [-0.15, -0.1) is 0 Å². The van der Waals surface area contributed by atoms with E-state index in [-0.39, 0.29) is 0 Å². The molecule has 4 aromatic rings. The van der Waals surface area contributed by atoms with Crippen LogP contribution in [0, 0.1) is 0 Å². The van der Waals surface area contributed by atoms with E-state index < -0.39 is 0 Å². The normalized spacial score (nSPS) is 10.8. The molecule has 30 heavy (non-hydrogen) atoms. The number of para-hydroxylation sites is 2. The molecule has 4 rings (SSSR count). The summed E-state index contributed by atoms with van der Waals surface area (Å²) in [6.45, 7) is 1.54. The van der Waals surface area contributed by atoms with Crippen molar-refractivity contribution in [1.29, 1.82) is 0 Å². The summed E-state index contributed by atoms with van der Waals surface area (Å²) in [5.74, 6) is 3.13. The highest BCUT2D eigenvalue weighted by Crippen LogP contribution is 2.21. The zero-order valence-electron chi connectivity index (χ0n) is 16.0. The minimum absolute atomic E-state index is 0.640. The third kappa shape index (κ3) is 5.27. The van der Waals surface area contributed by atoms with Gasteiger partial charge in [-0.2, -0.15) is 9.36 Å². The first-order chi connectivity index (χ1) is 14.9. The van der Waals surface area contributed by atoms with E-state index >= 15 is 0 Å². The van der Waals surface area contributed by atoms with Gasteiger partial charge in [0.05, 0.1) is 11.4 Å². The quantitative estimate of drug-likeness (QED) is 0.266. The van der Waals surface area contributed by atoms with Crippen molar-refractivity contribution in [1.82, 2.24) is 40.4 Å². The van der Waals surface area contributed by atoms with Crippen LogP contribution in [0.4, 0.5) is 11.9 Å². The highest BCUT2D eigenvalue weighted by atomic mass is 33.1. The van der Waals surface area contributed by atoms with Crippen LogP contribution in [0.2, 0.25) is 0 Å². The predicted molar refractivity (Wildman–Crippen MR) is 120 cm³/mol. The summed E-state index contributed by atoms with van der Waals surface area (Å²) in [6, 6.07) is 19.6. The summed E-state index contributed by atoms with van der Waals surface area (Å²) in [7, 11) is 3.58. The molecule has 0 fully saturated rings. The monoisotopic (exact) mass is 440 g/mol. The topological polar surface area (TPSA) is 111 Å². The summed E-state index contributed by atoms with van der Waals surface area (Å²) in [4.78, 5) is 0. The average Bonchev–Trinajstić information content (AvgIpc) is 3.46. The molecule has 0 amide bonds. The molecule has 10 nitrogen and oxygen atoms in total.